The molecule has 2 aliphatic rings. The number of hydrogen-bond donors (Lipinski definition) is 2. The topological polar surface area (TPSA) is 59.6 Å². The molecule has 5 nitrogen and oxygen atoms in total. The molecule has 2 heterocycles. The van der Waals surface area contributed by atoms with Gasteiger partial charge in [-0.1, -0.05) is 0 Å². The highest BCUT2D eigenvalue weighted by Gasteiger charge is 2.34. The first-order chi connectivity index (χ1) is 10.2. The number of carbonyl (C=O) groups excluding carboxylic acids is 1. The lowest BCUT2D eigenvalue weighted by Crippen LogP contribution is -2.48. The van der Waals surface area contributed by atoms with Crippen molar-refractivity contribution in [3.05, 3.63) is 23.8 Å². The molecule has 5 heteroatoms. The summed E-state index contributed by atoms with van der Waals surface area (Å²) >= 11 is 0. The number of piperidine rings is 1. The second-order valence-corrected chi connectivity index (χ2v) is 5.85. The van der Waals surface area contributed by atoms with Crippen LogP contribution in [0.1, 0.15) is 36.0 Å². The molecule has 2 bridgehead atoms. The number of hydrogen-bond acceptors (Lipinski definition) is 4. The maximum atomic E-state index is 12.4. The quantitative estimate of drug-likeness (QED) is 0.886. The predicted octanol–water partition coefficient (Wildman–Crippen LogP) is 1.72. The highest BCUT2D eigenvalue weighted by molar-refractivity contribution is 5.95. The Bertz CT molecular complexity index is 520. The van der Waals surface area contributed by atoms with Gasteiger partial charge in [-0.2, -0.15) is 0 Å². The minimum Gasteiger partial charge on any atom is -0.493 e. The van der Waals surface area contributed by atoms with Gasteiger partial charge in [-0.25, -0.2) is 0 Å². The number of fused-ring (bicyclic) bond motifs is 2. The number of ether oxygens (including phenoxy) is 2. The van der Waals surface area contributed by atoms with Gasteiger partial charge in [-0.3, -0.25) is 4.79 Å². The first-order valence-corrected chi connectivity index (χ1v) is 7.48. The summed E-state index contributed by atoms with van der Waals surface area (Å²) in [6.45, 7) is 0. The molecule has 2 unspecified atom stereocenters. The number of amides is 1. The summed E-state index contributed by atoms with van der Waals surface area (Å²) in [5.41, 5.74) is 0.610. The fourth-order valence-corrected chi connectivity index (χ4v) is 3.42. The summed E-state index contributed by atoms with van der Waals surface area (Å²) in [5, 5.41) is 6.73. The molecule has 2 saturated heterocycles. The molecule has 1 aromatic rings. The van der Waals surface area contributed by atoms with Crippen molar-refractivity contribution in [1.29, 1.82) is 0 Å². The Morgan fingerprint density at radius 3 is 2.43 bits per heavy atom. The number of rotatable bonds is 4. The van der Waals surface area contributed by atoms with Crippen LogP contribution in [0, 0.1) is 0 Å². The van der Waals surface area contributed by atoms with Crippen LogP contribution in [0.4, 0.5) is 0 Å². The van der Waals surface area contributed by atoms with Crippen molar-refractivity contribution >= 4 is 5.91 Å². The summed E-state index contributed by atoms with van der Waals surface area (Å²) in [6.07, 6.45) is 4.51. The van der Waals surface area contributed by atoms with Crippen LogP contribution in [-0.4, -0.2) is 38.3 Å². The van der Waals surface area contributed by atoms with E-state index in [9.17, 15) is 4.79 Å². The van der Waals surface area contributed by atoms with Crippen molar-refractivity contribution in [2.24, 2.45) is 0 Å². The second-order valence-electron chi connectivity index (χ2n) is 5.85. The van der Waals surface area contributed by atoms with Gasteiger partial charge in [0.15, 0.2) is 11.5 Å². The Morgan fingerprint density at radius 1 is 1.14 bits per heavy atom. The smallest absolute Gasteiger partial charge is 0.251 e. The Balaban J connectivity index is 1.67. The largest absolute Gasteiger partial charge is 0.493 e. The summed E-state index contributed by atoms with van der Waals surface area (Å²) in [4.78, 5) is 12.4. The third kappa shape index (κ3) is 2.97. The van der Waals surface area contributed by atoms with Gasteiger partial charge in [0.25, 0.3) is 5.91 Å². The van der Waals surface area contributed by atoms with Crippen LogP contribution in [0.5, 0.6) is 11.5 Å². The molecular formula is C16H22N2O3. The molecule has 1 amide bonds. The van der Waals surface area contributed by atoms with E-state index in [0.29, 0.717) is 29.1 Å². The zero-order chi connectivity index (χ0) is 14.8. The molecule has 2 aliphatic heterocycles. The summed E-state index contributed by atoms with van der Waals surface area (Å²) in [5.74, 6) is 1.17. The fourth-order valence-electron chi connectivity index (χ4n) is 3.42. The van der Waals surface area contributed by atoms with E-state index in [4.69, 9.17) is 9.47 Å². The van der Waals surface area contributed by atoms with Crippen molar-refractivity contribution in [2.45, 2.75) is 43.8 Å². The second kappa shape index (κ2) is 5.93. The van der Waals surface area contributed by atoms with Crippen LogP contribution in [0.3, 0.4) is 0 Å². The maximum Gasteiger partial charge on any atom is 0.251 e. The number of benzene rings is 1. The predicted molar refractivity (Wildman–Crippen MR) is 80.0 cm³/mol. The van der Waals surface area contributed by atoms with E-state index in [2.05, 4.69) is 10.6 Å². The van der Waals surface area contributed by atoms with E-state index < -0.39 is 0 Å². The lowest BCUT2D eigenvalue weighted by Gasteiger charge is -2.29. The molecule has 0 radical (unpaired) electrons. The van der Waals surface area contributed by atoms with Gasteiger partial charge >= 0.3 is 0 Å². The molecule has 0 aliphatic carbocycles. The number of methoxy groups -OCH3 is 2. The van der Waals surface area contributed by atoms with Crippen molar-refractivity contribution in [1.82, 2.24) is 10.6 Å². The standard InChI is InChI=1S/C16H22N2O3/c1-20-14-6-3-10(7-15(14)21-2)16(19)18-13-8-11-4-5-12(9-13)17-11/h3,6-7,11-13,17H,4-5,8-9H2,1-2H3,(H,18,19). The zero-order valence-electron chi connectivity index (χ0n) is 12.5. The van der Waals surface area contributed by atoms with Crippen LogP contribution < -0.4 is 20.1 Å². The summed E-state index contributed by atoms with van der Waals surface area (Å²) in [6, 6.07) is 6.67. The van der Waals surface area contributed by atoms with Gasteiger partial charge in [0.1, 0.15) is 0 Å². The SMILES string of the molecule is COc1ccc(C(=O)NC2CC3CCC(C2)N3)cc1OC. The first kappa shape index (κ1) is 14.2. The molecule has 114 valence electrons. The molecular weight excluding hydrogens is 268 g/mol. The molecule has 21 heavy (non-hydrogen) atoms. The van der Waals surface area contributed by atoms with E-state index in [1.807, 2.05) is 0 Å². The minimum atomic E-state index is -0.0396. The minimum absolute atomic E-state index is 0.0396. The Morgan fingerprint density at radius 2 is 1.81 bits per heavy atom. The van der Waals surface area contributed by atoms with Crippen molar-refractivity contribution in [3.8, 4) is 11.5 Å². The van der Waals surface area contributed by atoms with E-state index in [1.165, 1.54) is 12.8 Å². The van der Waals surface area contributed by atoms with Gasteiger partial charge in [-0.05, 0) is 43.9 Å². The van der Waals surface area contributed by atoms with E-state index in [1.54, 1.807) is 32.4 Å². The number of carbonyl (C=O) groups is 1. The van der Waals surface area contributed by atoms with Crippen molar-refractivity contribution < 1.29 is 14.3 Å². The lowest BCUT2D eigenvalue weighted by molar-refractivity contribution is 0.0923. The van der Waals surface area contributed by atoms with Gasteiger partial charge in [-0.15, -0.1) is 0 Å². The van der Waals surface area contributed by atoms with Gasteiger partial charge < -0.3 is 20.1 Å². The Hall–Kier alpha value is -1.75. The van der Waals surface area contributed by atoms with Crippen molar-refractivity contribution in [3.63, 3.8) is 0 Å². The van der Waals surface area contributed by atoms with Crippen LogP contribution in [0.25, 0.3) is 0 Å². The average Bonchev–Trinajstić information content (AvgIpc) is 2.85. The fraction of sp³-hybridized carbons (Fsp3) is 0.562. The van der Waals surface area contributed by atoms with Gasteiger partial charge in [0.05, 0.1) is 14.2 Å². The molecule has 1 aromatic carbocycles. The summed E-state index contributed by atoms with van der Waals surface area (Å²) < 4.78 is 10.4. The van der Waals surface area contributed by atoms with E-state index in [0.717, 1.165) is 12.8 Å². The first-order valence-electron chi connectivity index (χ1n) is 7.48. The molecule has 0 aromatic heterocycles. The molecule has 2 fully saturated rings. The van der Waals surface area contributed by atoms with Crippen LogP contribution >= 0.6 is 0 Å². The number of nitrogens with one attached hydrogen (secondary N) is 2. The Kier molecular flexibility index (Phi) is 4.01. The highest BCUT2D eigenvalue weighted by Crippen LogP contribution is 2.29. The van der Waals surface area contributed by atoms with Gasteiger partial charge in [0, 0.05) is 23.7 Å². The Labute approximate surface area is 125 Å². The lowest BCUT2D eigenvalue weighted by atomic mass is 9.99. The highest BCUT2D eigenvalue weighted by atomic mass is 16.5. The van der Waals surface area contributed by atoms with Crippen LogP contribution in [-0.2, 0) is 0 Å². The van der Waals surface area contributed by atoms with Crippen LogP contribution in [0.15, 0.2) is 18.2 Å². The van der Waals surface area contributed by atoms with E-state index in [-0.39, 0.29) is 11.9 Å². The van der Waals surface area contributed by atoms with Crippen molar-refractivity contribution in [2.75, 3.05) is 14.2 Å². The molecule has 0 saturated carbocycles. The normalized spacial score (nSPS) is 27.2. The molecule has 2 N–H and O–H groups in total. The molecule has 0 spiro atoms. The third-order valence-electron chi connectivity index (χ3n) is 4.45. The molecule has 3 rings (SSSR count). The van der Waals surface area contributed by atoms with E-state index >= 15 is 0 Å². The average molecular weight is 290 g/mol. The van der Waals surface area contributed by atoms with Gasteiger partial charge in [0.2, 0.25) is 0 Å². The molecule has 2 atom stereocenters. The monoisotopic (exact) mass is 290 g/mol. The third-order valence-corrected chi connectivity index (χ3v) is 4.45. The zero-order valence-corrected chi connectivity index (χ0v) is 12.5. The van der Waals surface area contributed by atoms with Crippen LogP contribution in [0.2, 0.25) is 0 Å². The summed E-state index contributed by atoms with van der Waals surface area (Å²) in [7, 11) is 3.16. The maximum absolute atomic E-state index is 12.4.